The van der Waals surface area contributed by atoms with Crippen molar-refractivity contribution in [3.63, 3.8) is 0 Å². The molecule has 0 unspecified atom stereocenters. The van der Waals surface area contributed by atoms with Gasteiger partial charge >= 0.3 is 0 Å². The van der Waals surface area contributed by atoms with E-state index in [1.54, 1.807) is 0 Å². The Morgan fingerprint density at radius 2 is 2.06 bits per heavy atom. The minimum Gasteiger partial charge on any atom is -0.440 e. The van der Waals surface area contributed by atoms with E-state index in [1.165, 1.54) is 0 Å². The van der Waals surface area contributed by atoms with Crippen molar-refractivity contribution in [2.24, 2.45) is 0 Å². The van der Waals surface area contributed by atoms with Crippen molar-refractivity contribution in [3.05, 3.63) is 58.7 Å². The van der Waals surface area contributed by atoms with Crippen molar-refractivity contribution < 1.29 is 4.42 Å². The molecule has 1 aliphatic carbocycles. The summed E-state index contributed by atoms with van der Waals surface area (Å²) < 4.78 is 5.53. The van der Waals surface area contributed by atoms with Gasteiger partial charge in [0.15, 0.2) is 5.88 Å². The molecule has 0 saturated carbocycles. The number of allylic oxidation sites excluding steroid dienone is 5. The van der Waals surface area contributed by atoms with Gasteiger partial charge in [-0.15, -0.1) is 0 Å². The molecule has 0 saturated heterocycles. The van der Waals surface area contributed by atoms with Crippen molar-refractivity contribution in [2.45, 2.75) is 6.42 Å². The molecule has 0 amide bonds. The number of hydrogen-bond donors (Lipinski definition) is 1. The Kier molecular flexibility index (Phi) is 2.73. The van der Waals surface area contributed by atoms with Gasteiger partial charge in [0.2, 0.25) is 0 Å². The SMILES string of the molecule is Nc1oc2ccccc2c1/C=C1/C=CC(Cl)=CC1. The molecule has 2 aromatic rings. The molecule has 2 nitrogen and oxygen atoms in total. The standard InChI is InChI=1S/C15H12ClNO/c16-11-7-5-10(6-8-11)9-13-12-3-1-2-4-14(12)18-15(13)17/h1-5,7-9H,6,17H2/b10-9-. The molecule has 0 bridgehead atoms. The molecule has 0 atom stereocenters. The smallest absolute Gasteiger partial charge is 0.198 e. The molecule has 3 heteroatoms. The van der Waals surface area contributed by atoms with Crippen LogP contribution >= 0.6 is 11.6 Å². The van der Waals surface area contributed by atoms with Gasteiger partial charge in [-0.1, -0.05) is 42.0 Å². The number of benzene rings is 1. The number of para-hydroxylation sites is 1. The highest BCUT2D eigenvalue weighted by molar-refractivity contribution is 6.31. The summed E-state index contributed by atoms with van der Waals surface area (Å²) in [6.07, 6.45) is 8.73. The molecule has 1 aromatic carbocycles. The first-order valence-electron chi connectivity index (χ1n) is 5.75. The van der Waals surface area contributed by atoms with E-state index < -0.39 is 0 Å². The highest BCUT2D eigenvalue weighted by atomic mass is 35.5. The van der Waals surface area contributed by atoms with Crippen LogP contribution in [0, 0.1) is 0 Å². The van der Waals surface area contributed by atoms with Crippen molar-refractivity contribution in [2.75, 3.05) is 5.73 Å². The van der Waals surface area contributed by atoms with Crippen molar-refractivity contribution in [1.82, 2.24) is 0 Å². The van der Waals surface area contributed by atoms with Crippen LogP contribution in [0.5, 0.6) is 0 Å². The minimum atomic E-state index is 0.456. The lowest BCUT2D eigenvalue weighted by atomic mass is 10.0. The zero-order valence-corrected chi connectivity index (χ0v) is 10.4. The van der Waals surface area contributed by atoms with Crippen molar-refractivity contribution in [3.8, 4) is 0 Å². The predicted octanol–water partition coefficient (Wildman–Crippen LogP) is 4.48. The van der Waals surface area contributed by atoms with E-state index in [9.17, 15) is 0 Å². The fraction of sp³-hybridized carbons (Fsp3) is 0.0667. The van der Waals surface area contributed by atoms with Crippen LogP contribution in [0.1, 0.15) is 12.0 Å². The summed E-state index contributed by atoms with van der Waals surface area (Å²) in [5.74, 6) is 0.456. The summed E-state index contributed by atoms with van der Waals surface area (Å²) in [5, 5.41) is 1.81. The highest BCUT2D eigenvalue weighted by Gasteiger charge is 2.10. The van der Waals surface area contributed by atoms with Crippen molar-refractivity contribution >= 4 is 34.5 Å². The van der Waals surface area contributed by atoms with E-state index in [2.05, 4.69) is 6.08 Å². The Morgan fingerprint density at radius 3 is 2.83 bits per heavy atom. The summed E-state index contributed by atoms with van der Waals surface area (Å²) in [7, 11) is 0. The van der Waals surface area contributed by atoms with E-state index in [0.717, 1.165) is 33.6 Å². The maximum absolute atomic E-state index is 5.92. The summed E-state index contributed by atoms with van der Waals surface area (Å²) in [6, 6.07) is 7.84. The van der Waals surface area contributed by atoms with Gasteiger partial charge in [0.05, 0.1) is 0 Å². The fourth-order valence-corrected chi connectivity index (χ4v) is 2.20. The van der Waals surface area contributed by atoms with E-state index in [-0.39, 0.29) is 0 Å². The number of halogens is 1. The van der Waals surface area contributed by atoms with Crippen LogP contribution < -0.4 is 5.73 Å². The van der Waals surface area contributed by atoms with E-state index in [1.807, 2.05) is 42.5 Å². The third-order valence-corrected chi connectivity index (χ3v) is 3.26. The first kappa shape index (κ1) is 11.2. The first-order valence-corrected chi connectivity index (χ1v) is 6.13. The van der Waals surface area contributed by atoms with Crippen LogP contribution in [0.3, 0.4) is 0 Å². The molecule has 1 heterocycles. The van der Waals surface area contributed by atoms with Crippen LogP contribution in [0.2, 0.25) is 0 Å². The average Bonchev–Trinajstić information content (AvgIpc) is 2.69. The van der Waals surface area contributed by atoms with Crippen LogP contribution in [0.15, 0.2) is 57.5 Å². The Labute approximate surface area is 110 Å². The Balaban J connectivity index is 2.08. The van der Waals surface area contributed by atoms with Crippen LogP contribution in [-0.2, 0) is 0 Å². The zero-order valence-electron chi connectivity index (χ0n) is 9.69. The molecular formula is C15H12ClNO. The predicted molar refractivity (Wildman–Crippen MR) is 76.3 cm³/mol. The van der Waals surface area contributed by atoms with Gasteiger partial charge in [0.25, 0.3) is 0 Å². The van der Waals surface area contributed by atoms with Crippen molar-refractivity contribution in [1.29, 1.82) is 0 Å². The maximum Gasteiger partial charge on any atom is 0.198 e. The number of anilines is 1. The quantitative estimate of drug-likeness (QED) is 0.818. The molecule has 3 rings (SSSR count). The van der Waals surface area contributed by atoms with Crippen LogP contribution in [0.25, 0.3) is 17.0 Å². The molecule has 0 fully saturated rings. The lowest BCUT2D eigenvalue weighted by molar-refractivity contribution is 0.636. The second kappa shape index (κ2) is 4.39. The molecule has 1 aliphatic rings. The highest BCUT2D eigenvalue weighted by Crippen LogP contribution is 2.31. The number of hydrogen-bond acceptors (Lipinski definition) is 2. The first-order chi connectivity index (χ1) is 8.74. The Hall–Kier alpha value is -1.93. The molecule has 18 heavy (non-hydrogen) atoms. The van der Waals surface area contributed by atoms with Gasteiger partial charge in [-0.05, 0) is 30.2 Å². The third kappa shape index (κ3) is 1.95. The number of fused-ring (bicyclic) bond motifs is 1. The fourth-order valence-electron chi connectivity index (χ4n) is 2.06. The lowest BCUT2D eigenvalue weighted by Gasteiger charge is -2.04. The largest absolute Gasteiger partial charge is 0.440 e. The molecule has 0 aliphatic heterocycles. The summed E-state index contributed by atoms with van der Waals surface area (Å²) in [5.41, 5.74) is 8.84. The topological polar surface area (TPSA) is 39.2 Å². The molecular weight excluding hydrogens is 246 g/mol. The summed E-state index contributed by atoms with van der Waals surface area (Å²) in [4.78, 5) is 0. The van der Waals surface area contributed by atoms with E-state index in [0.29, 0.717) is 5.88 Å². The maximum atomic E-state index is 5.92. The Morgan fingerprint density at radius 1 is 1.22 bits per heavy atom. The van der Waals surface area contributed by atoms with Gasteiger partial charge in [-0.3, -0.25) is 0 Å². The molecule has 2 N–H and O–H groups in total. The minimum absolute atomic E-state index is 0.456. The summed E-state index contributed by atoms with van der Waals surface area (Å²) >= 11 is 5.89. The van der Waals surface area contributed by atoms with Gasteiger partial charge in [0.1, 0.15) is 5.58 Å². The summed E-state index contributed by atoms with van der Waals surface area (Å²) in [6.45, 7) is 0. The number of nitrogens with two attached hydrogens (primary N) is 1. The second-order valence-electron chi connectivity index (χ2n) is 4.22. The van der Waals surface area contributed by atoms with Crippen LogP contribution in [-0.4, -0.2) is 0 Å². The average molecular weight is 258 g/mol. The van der Waals surface area contributed by atoms with Gasteiger partial charge in [-0.2, -0.15) is 0 Å². The zero-order chi connectivity index (χ0) is 12.5. The molecule has 90 valence electrons. The monoisotopic (exact) mass is 257 g/mol. The third-order valence-electron chi connectivity index (χ3n) is 2.98. The van der Waals surface area contributed by atoms with Gasteiger partial charge in [-0.25, -0.2) is 0 Å². The number of rotatable bonds is 1. The Bertz CT molecular complexity index is 692. The lowest BCUT2D eigenvalue weighted by Crippen LogP contribution is -1.87. The second-order valence-corrected chi connectivity index (χ2v) is 4.66. The van der Waals surface area contributed by atoms with Gasteiger partial charge < -0.3 is 10.2 Å². The molecule has 1 aromatic heterocycles. The number of furan rings is 1. The van der Waals surface area contributed by atoms with Crippen LogP contribution in [0.4, 0.5) is 5.88 Å². The molecule has 0 spiro atoms. The van der Waals surface area contributed by atoms with E-state index >= 15 is 0 Å². The number of nitrogen functional groups attached to an aromatic ring is 1. The van der Waals surface area contributed by atoms with E-state index in [4.69, 9.17) is 21.8 Å². The normalized spacial score (nSPS) is 17.4. The van der Waals surface area contributed by atoms with Gasteiger partial charge in [0, 0.05) is 16.0 Å². The molecule has 0 radical (unpaired) electrons.